The van der Waals surface area contributed by atoms with Gasteiger partial charge in [0.15, 0.2) is 5.76 Å². The van der Waals surface area contributed by atoms with Gasteiger partial charge < -0.3 is 9.42 Å². The summed E-state index contributed by atoms with van der Waals surface area (Å²) in [4.78, 5) is 17.8. The normalized spacial score (nSPS) is 14.5. The summed E-state index contributed by atoms with van der Waals surface area (Å²) in [7, 11) is 0. The van der Waals surface area contributed by atoms with Gasteiger partial charge in [-0.05, 0) is 32.0 Å². The summed E-state index contributed by atoms with van der Waals surface area (Å²) >= 11 is 0. The molecule has 0 atom stereocenters. The number of amides is 1. The van der Waals surface area contributed by atoms with Gasteiger partial charge in [-0.15, -0.1) is 0 Å². The van der Waals surface area contributed by atoms with Crippen LogP contribution in [0.1, 0.15) is 27.4 Å². The van der Waals surface area contributed by atoms with E-state index in [1.807, 2.05) is 66.6 Å². The molecule has 1 aliphatic heterocycles. The van der Waals surface area contributed by atoms with Crippen molar-refractivity contribution in [3.05, 3.63) is 89.4 Å². The first-order valence-electron chi connectivity index (χ1n) is 11.2. The van der Waals surface area contributed by atoms with Gasteiger partial charge in [0.2, 0.25) is 0 Å². The number of piperazine rings is 1. The highest BCUT2D eigenvalue weighted by Gasteiger charge is 2.27. The fourth-order valence-electron chi connectivity index (χ4n) is 4.24. The van der Waals surface area contributed by atoms with Crippen LogP contribution >= 0.6 is 0 Å². The van der Waals surface area contributed by atoms with E-state index in [0.29, 0.717) is 30.9 Å². The summed E-state index contributed by atoms with van der Waals surface area (Å²) in [5.74, 6) is 0.877. The van der Waals surface area contributed by atoms with Crippen molar-refractivity contribution in [1.29, 1.82) is 0 Å². The van der Waals surface area contributed by atoms with E-state index < -0.39 is 0 Å². The fourth-order valence-corrected chi connectivity index (χ4v) is 4.24. The van der Waals surface area contributed by atoms with Crippen LogP contribution in [-0.4, -0.2) is 56.8 Å². The number of hydrogen-bond acceptors (Lipinski definition) is 5. The van der Waals surface area contributed by atoms with Crippen LogP contribution in [0.2, 0.25) is 0 Å². The lowest BCUT2D eigenvalue weighted by Crippen LogP contribution is -2.48. The lowest BCUT2D eigenvalue weighted by atomic mass is 10.0. The third kappa shape index (κ3) is 4.59. The predicted octanol–water partition coefficient (Wildman–Crippen LogP) is 4.10. The average Bonchev–Trinajstić information content (AvgIpc) is 3.46. The zero-order chi connectivity index (χ0) is 22.8. The second-order valence-corrected chi connectivity index (χ2v) is 8.54. The molecule has 2 aromatic carbocycles. The standard InChI is InChI=1S/C26H27N5O2/c1-19-7-6-8-21(15-19)25-24(18-31(27-25)22-9-4-3-5-10-22)26(32)30-13-11-29(12-14-30)17-23-16-20(2)28-33-23/h3-10,15-16,18H,11-14,17H2,1-2H3. The van der Waals surface area contributed by atoms with Crippen molar-refractivity contribution in [2.75, 3.05) is 26.2 Å². The first kappa shape index (κ1) is 21.2. The lowest BCUT2D eigenvalue weighted by Gasteiger charge is -2.34. The molecule has 2 aromatic heterocycles. The average molecular weight is 442 g/mol. The van der Waals surface area contributed by atoms with E-state index in [1.54, 1.807) is 4.68 Å². The Hall–Kier alpha value is -3.71. The Kier molecular flexibility index (Phi) is 5.79. The monoisotopic (exact) mass is 441 g/mol. The zero-order valence-corrected chi connectivity index (χ0v) is 18.9. The van der Waals surface area contributed by atoms with Crippen molar-refractivity contribution in [3.63, 3.8) is 0 Å². The number of aryl methyl sites for hydroxylation is 2. The molecule has 4 aromatic rings. The van der Waals surface area contributed by atoms with E-state index >= 15 is 0 Å². The van der Waals surface area contributed by atoms with Crippen molar-refractivity contribution < 1.29 is 9.32 Å². The Morgan fingerprint density at radius 1 is 0.970 bits per heavy atom. The van der Waals surface area contributed by atoms with Crippen molar-refractivity contribution >= 4 is 5.91 Å². The molecule has 0 unspecified atom stereocenters. The lowest BCUT2D eigenvalue weighted by molar-refractivity contribution is 0.0618. The number of rotatable bonds is 5. The minimum Gasteiger partial charge on any atom is -0.360 e. The maximum Gasteiger partial charge on any atom is 0.257 e. The Balaban J connectivity index is 1.38. The molecule has 0 bridgehead atoms. The largest absolute Gasteiger partial charge is 0.360 e. The van der Waals surface area contributed by atoms with E-state index in [9.17, 15) is 4.79 Å². The van der Waals surface area contributed by atoms with Crippen LogP contribution in [0.5, 0.6) is 0 Å². The molecule has 1 fully saturated rings. The van der Waals surface area contributed by atoms with Crippen molar-refractivity contribution in [3.8, 4) is 16.9 Å². The molecule has 0 saturated carbocycles. The number of carbonyl (C=O) groups is 1. The van der Waals surface area contributed by atoms with Crippen molar-refractivity contribution in [2.45, 2.75) is 20.4 Å². The first-order chi connectivity index (χ1) is 16.1. The van der Waals surface area contributed by atoms with Crippen LogP contribution < -0.4 is 0 Å². The molecule has 0 N–H and O–H groups in total. The summed E-state index contributed by atoms with van der Waals surface area (Å²) < 4.78 is 7.15. The Morgan fingerprint density at radius 2 is 1.76 bits per heavy atom. The van der Waals surface area contributed by atoms with E-state index in [-0.39, 0.29) is 5.91 Å². The van der Waals surface area contributed by atoms with Gasteiger partial charge in [-0.2, -0.15) is 5.10 Å². The molecule has 3 heterocycles. The highest BCUT2D eigenvalue weighted by atomic mass is 16.5. The summed E-state index contributed by atoms with van der Waals surface area (Å²) in [6.07, 6.45) is 1.86. The Bertz CT molecular complexity index is 1250. The predicted molar refractivity (Wildman–Crippen MR) is 126 cm³/mol. The molecule has 1 saturated heterocycles. The molecule has 1 aliphatic rings. The van der Waals surface area contributed by atoms with Crippen LogP contribution in [-0.2, 0) is 6.54 Å². The molecule has 5 rings (SSSR count). The second-order valence-electron chi connectivity index (χ2n) is 8.54. The number of aromatic nitrogens is 3. The minimum absolute atomic E-state index is 0.0175. The van der Waals surface area contributed by atoms with Crippen molar-refractivity contribution in [2.24, 2.45) is 0 Å². The van der Waals surface area contributed by atoms with Gasteiger partial charge in [-0.25, -0.2) is 4.68 Å². The smallest absolute Gasteiger partial charge is 0.257 e. The molecule has 0 radical (unpaired) electrons. The summed E-state index contributed by atoms with van der Waals surface area (Å²) in [6, 6.07) is 20.0. The number of benzene rings is 2. The molecule has 33 heavy (non-hydrogen) atoms. The van der Waals surface area contributed by atoms with Crippen LogP contribution in [0, 0.1) is 13.8 Å². The maximum atomic E-state index is 13.6. The second kappa shape index (κ2) is 9.03. The highest BCUT2D eigenvalue weighted by molar-refractivity contribution is 6.00. The van der Waals surface area contributed by atoms with Crippen LogP contribution in [0.4, 0.5) is 0 Å². The van der Waals surface area contributed by atoms with Gasteiger partial charge in [0.05, 0.1) is 23.5 Å². The molecular weight excluding hydrogens is 414 g/mol. The highest BCUT2D eigenvalue weighted by Crippen LogP contribution is 2.26. The van der Waals surface area contributed by atoms with Gasteiger partial charge in [-0.3, -0.25) is 9.69 Å². The van der Waals surface area contributed by atoms with Gasteiger partial charge in [0, 0.05) is 44.0 Å². The van der Waals surface area contributed by atoms with Gasteiger partial charge in [0.1, 0.15) is 5.69 Å². The van der Waals surface area contributed by atoms with Gasteiger partial charge in [-0.1, -0.05) is 47.1 Å². The minimum atomic E-state index is 0.0175. The number of carbonyl (C=O) groups excluding carboxylic acids is 1. The van der Waals surface area contributed by atoms with Gasteiger partial charge in [0.25, 0.3) is 5.91 Å². The quantitative estimate of drug-likeness (QED) is 0.466. The molecule has 7 heteroatoms. The van der Waals surface area contributed by atoms with Crippen LogP contribution in [0.25, 0.3) is 16.9 Å². The number of hydrogen-bond donors (Lipinski definition) is 0. The Labute approximate surface area is 193 Å². The van der Waals surface area contributed by atoms with E-state index in [2.05, 4.69) is 29.1 Å². The Morgan fingerprint density at radius 3 is 2.45 bits per heavy atom. The zero-order valence-electron chi connectivity index (χ0n) is 18.9. The van der Waals surface area contributed by atoms with Gasteiger partial charge >= 0.3 is 0 Å². The van der Waals surface area contributed by atoms with Crippen LogP contribution in [0.3, 0.4) is 0 Å². The molecular formula is C26H27N5O2. The van der Waals surface area contributed by atoms with E-state index in [4.69, 9.17) is 9.62 Å². The third-order valence-corrected chi connectivity index (χ3v) is 5.97. The molecule has 0 aliphatic carbocycles. The molecule has 168 valence electrons. The molecule has 7 nitrogen and oxygen atoms in total. The third-order valence-electron chi connectivity index (χ3n) is 5.97. The molecule has 0 spiro atoms. The van der Waals surface area contributed by atoms with E-state index in [1.165, 1.54) is 0 Å². The first-order valence-corrected chi connectivity index (χ1v) is 11.2. The number of para-hydroxylation sites is 1. The van der Waals surface area contributed by atoms with Crippen molar-refractivity contribution in [1.82, 2.24) is 24.7 Å². The topological polar surface area (TPSA) is 67.4 Å². The summed E-state index contributed by atoms with van der Waals surface area (Å²) in [5.41, 5.74) is 5.25. The summed E-state index contributed by atoms with van der Waals surface area (Å²) in [6.45, 7) is 7.59. The van der Waals surface area contributed by atoms with E-state index in [0.717, 1.165) is 41.4 Å². The maximum absolute atomic E-state index is 13.6. The summed E-state index contributed by atoms with van der Waals surface area (Å²) in [5, 5.41) is 8.78. The molecule has 1 amide bonds. The number of nitrogens with zero attached hydrogens (tertiary/aromatic N) is 5. The fraction of sp³-hybridized carbons (Fsp3) is 0.269. The SMILES string of the molecule is Cc1cccc(-c2nn(-c3ccccc3)cc2C(=O)N2CCN(Cc3cc(C)no3)CC2)c1. The van der Waals surface area contributed by atoms with Crippen LogP contribution in [0.15, 0.2) is 71.4 Å².